The molecule has 0 amide bonds. The van der Waals surface area contributed by atoms with Crippen LogP contribution in [-0.2, 0) is 11.3 Å². The average molecular weight is 224 g/mol. The molecule has 0 spiro atoms. The molecule has 1 fully saturated rings. The summed E-state index contributed by atoms with van der Waals surface area (Å²) in [4.78, 5) is 4.04. The number of nitrogens with one attached hydrogen (secondary N) is 1. The molecule has 1 aliphatic heterocycles. The van der Waals surface area contributed by atoms with Crippen LogP contribution < -0.4 is 5.32 Å². The molecule has 5 heteroatoms. The number of aromatic nitrogens is 1. The Morgan fingerprint density at radius 3 is 3.00 bits per heavy atom. The monoisotopic (exact) mass is 224 g/mol. The minimum atomic E-state index is -0.739. The third-order valence-electron chi connectivity index (χ3n) is 2.65. The fourth-order valence-electron chi connectivity index (χ4n) is 1.68. The predicted molar refractivity (Wildman–Crippen MR) is 58.0 cm³/mol. The summed E-state index contributed by atoms with van der Waals surface area (Å²) in [6.45, 7) is 2.08. The maximum atomic E-state index is 9.97. The van der Waals surface area contributed by atoms with Gasteiger partial charge in [-0.15, -0.1) is 0 Å². The molecular formula is C11H16N2O3. The molecule has 1 saturated heterocycles. The Hall–Kier alpha value is -1.17. The van der Waals surface area contributed by atoms with Crippen LogP contribution in [0.15, 0.2) is 18.3 Å². The number of aromatic hydroxyl groups is 1. The number of aliphatic hydroxyl groups is 1. The van der Waals surface area contributed by atoms with Crippen molar-refractivity contribution in [2.75, 3.05) is 19.8 Å². The van der Waals surface area contributed by atoms with E-state index in [4.69, 9.17) is 9.84 Å². The zero-order valence-electron chi connectivity index (χ0n) is 9.02. The van der Waals surface area contributed by atoms with Gasteiger partial charge in [-0.1, -0.05) is 0 Å². The molecule has 0 radical (unpaired) electrons. The van der Waals surface area contributed by atoms with Crippen molar-refractivity contribution in [3.05, 3.63) is 24.0 Å². The summed E-state index contributed by atoms with van der Waals surface area (Å²) < 4.78 is 5.14. The highest BCUT2D eigenvalue weighted by Gasteiger charge is 2.31. The number of ether oxygens (including phenoxy) is 1. The molecule has 5 nitrogen and oxygen atoms in total. The summed E-state index contributed by atoms with van der Waals surface area (Å²) in [6.07, 6.45) is 2.08. The van der Waals surface area contributed by atoms with Crippen molar-refractivity contribution in [2.45, 2.75) is 18.6 Å². The first-order valence-electron chi connectivity index (χ1n) is 5.33. The number of hydrogen-bond donors (Lipinski definition) is 3. The summed E-state index contributed by atoms with van der Waals surface area (Å²) in [5.74, 6) is 0.159. The van der Waals surface area contributed by atoms with Crippen LogP contribution in [0.25, 0.3) is 0 Å². The van der Waals surface area contributed by atoms with Crippen LogP contribution in [-0.4, -0.2) is 40.6 Å². The molecule has 0 bridgehead atoms. The van der Waals surface area contributed by atoms with E-state index in [0.29, 0.717) is 32.7 Å². The molecule has 0 aromatic carbocycles. The van der Waals surface area contributed by atoms with Crippen molar-refractivity contribution >= 4 is 0 Å². The maximum absolute atomic E-state index is 9.97. The summed E-state index contributed by atoms with van der Waals surface area (Å²) in [5, 5.41) is 22.2. The van der Waals surface area contributed by atoms with E-state index >= 15 is 0 Å². The fourth-order valence-corrected chi connectivity index (χ4v) is 1.68. The molecule has 1 aliphatic rings. The van der Waals surface area contributed by atoms with Crippen molar-refractivity contribution in [3.63, 3.8) is 0 Å². The van der Waals surface area contributed by atoms with Gasteiger partial charge in [0.25, 0.3) is 0 Å². The van der Waals surface area contributed by atoms with E-state index in [9.17, 15) is 5.11 Å². The fraction of sp³-hybridized carbons (Fsp3) is 0.545. The zero-order valence-corrected chi connectivity index (χ0v) is 9.02. The van der Waals surface area contributed by atoms with Crippen molar-refractivity contribution < 1.29 is 14.9 Å². The van der Waals surface area contributed by atoms with E-state index in [0.717, 1.165) is 5.69 Å². The highest BCUT2D eigenvalue weighted by Crippen LogP contribution is 2.17. The predicted octanol–water partition coefficient (Wildman–Crippen LogP) is 0.0282. The van der Waals surface area contributed by atoms with Gasteiger partial charge in [0.2, 0.25) is 0 Å². The topological polar surface area (TPSA) is 74.6 Å². The van der Waals surface area contributed by atoms with E-state index in [1.54, 1.807) is 12.1 Å². The molecule has 1 atom stereocenters. The van der Waals surface area contributed by atoms with Crippen LogP contribution in [0, 0.1) is 0 Å². The second-order valence-electron chi connectivity index (χ2n) is 4.14. The lowest BCUT2D eigenvalue weighted by Gasteiger charge is -2.20. The van der Waals surface area contributed by atoms with Gasteiger partial charge in [0.1, 0.15) is 11.4 Å². The van der Waals surface area contributed by atoms with Gasteiger partial charge < -0.3 is 20.3 Å². The lowest BCUT2D eigenvalue weighted by molar-refractivity contribution is 0.0268. The summed E-state index contributed by atoms with van der Waals surface area (Å²) in [6, 6.07) is 3.34. The Morgan fingerprint density at radius 1 is 1.50 bits per heavy atom. The molecule has 0 saturated carbocycles. The molecule has 0 aliphatic carbocycles. The molecule has 1 aromatic heterocycles. The molecule has 1 unspecified atom stereocenters. The Kier molecular flexibility index (Phi) is 3.38. The van der Waals surface area contributed by atoms with E-state index < -0.39 is 5.60 Å². The molecule has 16 heavy (non-hydrogen) atoms. The minimum Gasteiger partial charge on any atom is -0.506 e. The van der Waals surface area contributed by atoms with Gasteiger partial charge in [0.05, 0.1) is 18.5 Å². The zero-order chi connectivity index (χ0) is 11.4. The average Bonchev–Trinajstić information content (AvgIpc) is 2.69. The maximum Gasteiger partial charge on any atom is 0.133 e. The quantitative estimate of drug-likeness (QED) is 0.672. The second-order valence-corrected chi connectivity index (χ2v) is 4.14. The molecule has 88 valence electrons. The molecular weight excluding hydrogens is 208 g/mol. The van der Waals surface area contributed by atoms with E-state index in [1.807, 2.05) is 0 Å². The first kappa shape index (κ1) is 11.3. The van der Waals surface area contributed by atoms with Gasteiger partial charge in [-0.25, -0.2) is 0 Å². The lowest BCUT2D eigenvalue weighted by atomic mass is 10.0. The molecule has 1 aromatic rings. The van der Waals surface area contributed by atoms with Crippen molar-refractivity contribution in [1.29, 1.82) is 0 Å². The SMILES string of the molecule is Oc1ccc(CNCC2(O)CCOC2)nc1. The number of rotatable bonds is 4. The Morgan fingerprint density at radius 2 is 2.38 bits per heavy atom. The first-order chi connectivity index (χ1) is 7.68. The third kappa shape index (κ3) is 2.91. The first-order valence-corrected chi connectivity index (χ1v) is 5.33. The van der Waals surface area contributed by atoms with Gasteiger partial charge in [0.15, 0.2) is 0 Å². The van der Waals surface area contributed by atoms with E-state index in [2.05, 4.69) is 10.3 Å². The Bertz CT molecular complexity index is 334. The molecule has 3 N–H and O–H groups in total. The summed E-state index contributed by atoms with van der Waals surface area (Å²) >= 11 is 0. The largest absolute Gasteiger partial charge is 0.506 e. The highest BCUT2D eigenvalue weighted by atomic mass is 16.5. The van der Waals surface area contributed by atoms with Gasteiger partial charge in [-0.05, 0) is 12.1 Å². The number of pyridine rings is 1. The van der Waals surface area contributed by atoms with Crippen LogP contribution >= 0.6 is 0 Å². The second kappa shape index (κ2) is 4.78. The van der Waals surface area contributed by atoms with Crippen LogP contribution in [0.1, 0.15) is 12.1 Å². The summed E-state index contributed by atoms with van der Waals surface area (Å²) in [5.41, 5.74) is 0.0945. The summed E-state index contributed by atoms with van der Waals surface area (Å²) in [7, 11) is 0. The van der Waals surface area contributed by atoms with Crippen LogP contribution in [0.2, 0.25) is 0 Å². The van der Waals surface area contributed by atoms with Crippen molar-refractivity contribution in [3.8, 4) is 5.75 Å². The standard InChI is InChI=1S/C11H16N2O3/c14-10-2-1-9(13-6-10)5-12-7-11(15)3-4-16-8-11/h1-2,6,12,14-15H,3-5,7-8H2. The van der Waals surface area contributed by atoms with Gasteiger partial charge in [-0.3, -0.25) is 4.98 Å². The van der Waals surface area contributed by atoms with Gasteiger partial charge >= 0.3 is 0 Å². The number of nitrogens with zero attached hydrogens (tertiary/aromatic N) is 1. The minimum absolute atomic E-state index is 0.159. The Balaban J connectivity index is 1.77. The third-order valence-corrected chi connectivity index (χ3v) is 2.65. The molecule has 2 heterocycles. The molecule has 2 rings (SSSR count). The number of hydrogen-bond acceptors (Lipinski definition) is 5. The normalized spacial score (nSPS) is 24.8. The smallest absolute Gasteiger partial charge is 0.133 e. The van der Waals surface area contributed by atoms with Crippen molar-refractivity contribution in [2.24, 2.45) is 0 Å². The van der Waals surface area contributed by atoms with Crippen molar-refractivity contribution in [1.82, 2.24) is 10.3 Å². The van der Waals surface area contributed by atoms with E-state index in [1.165, 1.54) is 6.20 Å². The van der Waals surface area contributed by atoms with Crippen LogP contribution in [0.4, 0.5) is 0 Å². The Labute approximate surface area is 94.1 Å². The van der Waals surface area contributed by atoms with Gasteiger partial charge in [-0.2, -0.15) is 0 Å². The van der Waals surface area contributed by atoms with Crippen LogP contribution in [0.3, 0.4) is 0 Å². The lowest BCUT2D eigenvalue weighted by Crippen LogP contribution is -2.40. The highest BCUT2D eigenvalue weighted by molar-refractivity contribution is 5.17. The van der Waals surface area contributed by atoms with E-state index in [-0.39, 0.29) is 5.75 Å². The van der Waals surface area contributed by atoms with Gasteiger partial charge in [0, 0.05) is 26.1 Å². The van der Waals surface area contributed by atoms with Crippen LogP contribution in [0.5, 0.6) is 5.75 Å².